The van der Waals surface area contributed by atoms with E-state index in [1.54, 1.807) is 11.0 Å². The number of carbonyl (C=O) groups is 1. The van der Waals surface area contributed by atoms with E-state index in [1.165, 1.54) is 19.1 Å². The average Bonchev–Trinajstić information content (AvgIpc) is 2.87. The minimum atomic E-state index is -4.89. The highest BCUT2D eigenvalue weighted by molar-refractivity contribution is 5.80. The Morgan fingerprint density at radius 2 is 2.00 bits per heavy atom. The Labute approximate surface area is 223 Å². The van der Waals surface area contributed by atoms with Crippen molar-refractivity contribution in [3.8, 4) is 0 Å². The first kappa shape index (κ1) is 28.2. The molecule has 1 aromatic heterocycles. The van der Waals surface area contributed by atoms with E-state index in [4.69, 9.17) is 0 Å². The number of hydrogen-bond donors (Lipinski definition) is 3. The molecule has 2 aliphatic rings. The third-order valence-corrected chi connectivity index (χ3v) is 7.29. The fraction of sp³-hybridized carbons (Fsp3) is 0.407. The number of piperazine rings is 1. The van der Waals surface area contributed by atoms with Crippen molar-refractivity contribution < 1.29 is 27.5 Å². The number of aliphatic hydroxyl groups excluding tert-OH is 1. The van der Waals surface area contributed by atoms with Gasteiger partial charge in [-0.15, -0.1) is 0 Å². The molecule has 1 aromatic carbocycles. The minimum absolute atomic E-state index is 0.0152. The third kappa shape index (κ3) is 5.95. The van der Waals surface area contributed by atoms with Gasteiger partial charge in [-0.3, -0.25) is 9.59 Å². The number of aromatic amines is 1. The minimum Gasteiger partial charge on any atom is -0.372 e. The highest BCUT2D eigenvalue weighted by Crippen LogP contribution is 2.39. The number of amides is 1. The van der Waals surface area contributed by atoms with E-state index in [9.17, 15) is 27.9 Å². The predicted molar refractivity (Wildman–Crippen MR) is 140 cm³/mol. The molecule has 2 aromatic rings. The van der Waals surface area contributed by atoms with Gasteiger partial charge in [0.05, 0.1) is 23.5 Å². The van der Waals surface area contributed by atoms with Crippen LogP contribution in [0.15, 0.2) is 47.5 Å². The van der Waals surface area contributed by atoms with Gasteiger partial charge < -0.3 is 30.1 Å². The number of likely N-dealkylation sites (N-methyl/N-ethyl adjacent to an activating group) is 1. The van der Waals surface area contributed by atoms with E-state index in [0.717, 1.165) is 11.9 Å². The van der Waals surface area contributed by atoms with Crippen molar-refractivity contribution in [3.63, 3.8) is 0 Å². The summed E-state index contributed by atoms with van der Waals surface area (Å²) >= 11 is 0. The second kappa shape index (κ2) is 10.8. The fourth-order valence-electron chi connectivity index (χ4n) is 4.90. The summed E-state index contributed by atoms with van der Waals surface area (Å²) in [6.07, 6.45) is -3.82. The molecule has 1 unspecified atom stereocenters. The van der Waals surface area contributed by atoms with Gasteiger partial charge in [-0.25, -0.2) is 4.39 Å². The first-order valence-corrected chi connectivity index (χ1v) is 12.4. The number of pyridine rings is 1. The van der Waals surface area contributed by atoms with Crippen LogP contribution in [0.4, 0.5) is 28.9 Å². The number of H-pyrrole nitrogens is 1. The summed E-state index contributed by atoms with van der Waals surface area (Å²) in [7, 11) is 1.89. The number of hydrogen-bond acceptors (Lipinski definition) is 6. The van der Waals surface area contributed by atoms with Crippen molar-refractivity contribution in [3.05, 3.63) is 75.6 Å². The maximum absolute atomic E-state index is 15.6. The molecule has 0 saturated carbocycles. The van der Waals surface area contributed by atoms with E-state index >= 15 is 4.39 Å². The van der Waals surface area contributed by atoms with Crippen LogP contribution in [0, 0.1) is 5.82 Å². The van der Waals surface area contributed by atoms with Crippen LogP contribution in [0.25, 0.3) is 5.57 Å². The number of nitrogens with zero attached hydrogens (tertiary/aromatic N) is 3. The summed E-state index contributed by atoms with van der Waals surface area (Å²) in [6.45, 7) is 9.00. The predicted octanol–water partition coefficient (Wildman–Crippen LogP) is 3.93. The van der Waals surface area contributed by atoms with Gasteiger partial charge in [-0.2, -0.15) is 13.2 Å². The van der Waals surface area contributed by atoms with Gasteiger partial charge >= 0.3 is 6.18 Å². The van der Waals surface area contributed by atoms with Crippen molar-refractivity contribution in [1.82, 2.24) is 14.8 Å². The summed E-state index contributed by atoms with van der Waals surface area (Å²) in [5, 5.41) is 13.6. The molecular formula is C27H31F4N5O3. The van der Waals surface area contributed by atoms with Crippen LogP contribution in [0.5, 0.6) is 0 Å². The third-order valence-electron chi connectivity index (χ3n) is 7.29. The number of nitrogens with one attached hydrogen (secondary N) is 2. The summed E-state index contributed by atoms with van der Waals surface area (Å²) in [5.74, 6) is -0.637. The normalized spacial score (nSPS) is 19.2. The maximum atomic E-state index is 15.6. The first-order chi connectivity index (χ1) is 18.3. The van der Waals surface area contributed by atoms with Crippen LogP contribution < -0.4 is 15.8 Å². The van der Waals surface area contributed by atoms with E-state index in [2.05, 4.69) is 16.9 Å². The summed E-state index contributed by atoms with van der Waals surface area (Å²) < 4.78 is 56.6. The molecule has 2 atom stereocenters. The average molecular weight is 550 g/mol. The highest BCUT2D eigenvalue weighted by Gasteiger charge is 2.36. The number of carbonyl (C=O) groups excluding carboxylic acids is 1. The molecule has 3 N–H and O–H groups in total. The fourth-order valence-corrected chi connectivity index (χ4v) is 4.90. The second-order valence-electron chi connectivity index (χ2n) is 9.91. The molecule has 0 bridgehead atoms. The molecule has 1 saturated heterocycles. The number of halogens is 4. The van der Waals surface area contributed by atoms with Crippen molar-refractivity contribution in [1.29, 1.82) is 0 Å². The molecule has 1 fully saturated rings. The SMILES string of the molecule is C=C1CN(c2cc(F)c(C3=CCN(C(C)=O)CC3)cc2NC(O)c2c[nH]c(=O)cc2C(F)(F)F)C[C@H](C)N1C. The molecule has 0 radical (unpaired) electrons. The van der Waals surface area contributed by atoms with Gasteiger partial charge in [-0.1, -0.05) is 12.7 Å². The lowest BCUT2D eigenvalue weighted by Crippen LogP contribution is -2.48. The van der Waals surface area contributed by atoms with Gasteiger partial charge in [0.25, 0.3) is 0 Å². The number of rotatable bonds is 5. The zero-order chi connectivity index (χ0) is 28.6. The Morgan fingerprint density at radius 3 is 2.59 bits per heavy atom. The topological polar surface area (TPSA) is 91.9 Å². The highest BCUT2D eigenvalue weighted by atomic mass is 19.4. The number of benzene rings is 1. The van der Waals surface area contributed by atoms with E-state index in [1.807, 2.05) is 23.8 Å². The largest absolute Gasteiger partial charge is 0.417 e. The number of anilines is 2. The van der Waals surface area contributed by atoms with E-state index in [-0.39, 0.29) is 23.2 Å². The van der Waals surface area contributed by atoms with Gasteiger partial charge in [0.2, 0.25) is 11.5 Å². The lowest BCUT2D eigenvalue weighted by molar-refractivity contribution is -0.139. The molecule has 0 aliphatic carbocycles. The molecule has 3 heterocycles. The Morgan fingerprint density at radius 1 is 1.28 bits per heavy atom. The van der Waals surface area contributed by atoms with Gasteiger partial charge in [0, 0.05) is 68.7 Å². The molecule has 0 spiro atoms. The van der Waals surface area contributed by atoms with Crippen LogP contribution in [0.3, 0.4) is 0 Å². The Bertz CT molecular complexity index is 1370. The zero-order valence-electron chi connectivity index (χ0n) is 21.9. The summed E-state index contributed by atoms with van der Waals surface area (Å²) in [5.41, 5.74) is -0.643. The molecule has 4 rings (SSSR count). The number of alkyl halides is 3. The number of aromatic nitrogens is 1. The first-order valence-electron chi connectivity index (χ1n) is 12.4. The van der Waals surface area contributed by atoms with Gasteiger partial charge in [-0.05, 0) is 31.1 Å². The molecule has 39 heavy (non-hydrogen) atoms. The lowest BCUT2D eigenvalue weighted by atomic mass is 9.97. The van der Waals surface area contributed by atoms with E-state index in [0.29, 0.717) is 49.9 Å². The molecule has 210 valence electrons. The van der Waals surface area contributed by atoms with Crippen molar-refractivity contribution in [2.75, 3.05) is 43.4 Å². The molecule has 8 nitrogen and oxygen atoms in total. The molecule has 12 heteroatoms. The second-order valence-corrected chi connectivity index (χ2v) is 9.91. The Hall–Kier alpha value is -3.80. The van der Waals surface area contributed by atoms with Gasteiger partial charge in [0.15, 0.2) is 6.23 Å². The Kier molecular flexibility index (Phi) is 7.78. The molecular weight excluding hydrogens is 518 g/mol. The smallest absolute Gasteiger partial charge is 0.372 e. The monoisotopic (exact) mass is 549 g/mol. The van der Waals surface area contributed by atoms with Crippen LogP contribution in [0.2, 0.25) is 0 Å². The lowest BCUT2D eigenvalue weighted by Gasteiger charge is -2.42. The summed E-state index contributed by atoms with van der Waals surface area (Å²) in [4.78, 5) is 30.9. The van der Waals surface area contributed by atoms with Crippen LogP contribution in [-0.4, -0.2) is 65.1 Å². The maximum Gasteiger partial charge on any atom is 0.417 e. The van der Waals surface area contributed by atoms with E-state index < -0.39 is 34.9 Å². The Balaban J connectivity index is 1.77. The van der Waals surface area contributed by atoms with Crippen molar-refractivity contribution in [2.24, 2.45) is 0 Å². The standard InChI is InChI=1S/C27H31F4N5O3/c1-15-13-36(14-16(2)34(15)4)24-11-22(28)19(18-5-7-35(8-6-18)17(3)37)9-23(24)33-26(39)20-12-32-25(38)10-21(20)27(29,30)31/h5,9-12,16,26,33,39H,1,6-8,13-14H2,2-4H3,(H,32,38)/t16-,26?/m0/s1. The summed E-state index contributed by atoms with van der Waals surface area (Å²) in [6, 6.07) is 3.16. The zero-order valence-corrected chi connectivity index (χ0v) is 21.9. The van der Waals surface area contributed by atoms with Crippen LogP contribution in [-0.2, 0) is 11.0 Å². The quantitative estimate of drug-likeness (QED) is 0.387. The molecule has 1 amide bonds. The van der Waals surface area contributed by atoms with Crippen molar-refractivity contribution in [2.45, 2.75) is 38.7 Å². The van der Waals surface area contributed by atoms with Crippen LogP contribution in [0.1, 0.15) is 43.2 Å². The van der Waals surface area contributed by atoms with Crippen molar-refractivity contribution >= 4 is 22.9 Å². The number of aliphatic hydroxyl groups is 1. The van der Waals surface area contributed by atoms with Gasteiger partial charge in [0.1, 0.15) is 5.82 Å². The van der Waals surface area contributed by atoms with Crippen LogP contribution >= 0.6 is 0 Å². The molecule has 2 aliphatic heterocycles.